The largest absolute Gasteiger partial charge is 0.394 e. The minimum atomic E-state index is -0.662. The summed E-state index contributed by atoms with van der Waals surface area (Å²) in [5.41, 5.74) is 7.90. The molecule has 5 nitrogen and oxygen atoms in total. The van der Waals surface area contributed by atoms with Crippen LogP contribution in [0.3, 0.4) is 0 Å². The van der Waals surface area contributed by atoms with Gasteiger partial charge in [-0.1, -0.05) is 13.8 Å². The number of aromatic nitrogens is 2. The fourth-order valence-electron chi connectivity index (χ4n) is 2.20. The Labute approximate surface area is 104 Å². The third kappa shape index (κ3) is 2.31. The smallest absolute Gasteiger partial charge is 0.150 e. The molecule has 1 aromatic heterocycles. The third-order valence-electron chi connectivity index (χ3n) is 3.11. The van der Waals surface area contributed by atoms with Crippen LogP contribution in [0.25, 0.3) is 0 Å². The van der Waals surface area contributed by atoms with Crippen molar-refractivity contribution in [3.05, 3.63) is 5.69 Å². The monoisotopic (exact) mass is 256 g/mol. The Morgan fingerprint density at radius 1 is 1.35 bits per heavy atom. The van der Waals surface area contributed by atoms with Crippen LogP contribution >= 0.6 is 0 Å². The van der Waals surface area contributed by atoms with E-state index >= 15 is 0 Å². The predicted molar refractivity (Wildman–Crippen MR) is 71.8 cm³/mol. The maximum atomic E-state index is 11.4. The fraction of sp³-hybridized carbons (Fsp3) is 0.727. The number of anilines is 2. The minimum absolute atomic E-state index is 0.328. The number of hydrogen-bond acceptors (Lipinski definition) is 4. The van der Waals surface area contributed by atoms with Gasteiger partial charge in [-0.25, -0.2) is 0 Å². The van der Waals surface area contributed by atoms with Crippen molar-refractivity contribution in [2.45, 2.75) is 19.8 Å². The van der Waals surface area contributed by atoms with Gasteiger partial charge in [-0.05, 0) is 5.92 Å². The molecule has 0 bridgehead atoms. The Bertz CT molecular complexity index is 431. The van der Waals surface area contributed by atoms with Crippen molar-refractivity contribution in [2.75, 3.05) is 35.2 Å². The Balaban J connectivity index is 2.29. The molecule has 1 saturated heterocycles. The summed E-state index contributed by atoms with van der Waals surface area (Å²) >= 11 is 0. The van der Waals surface area contributed by atoms with Crippen LogP contribution in [0.4, 0.5) is 11.5 Å². The molecule has 1 aliphatic heterocycles. The number of aryl methyl sites for hydroxylation is 1. The van der Waals surface area contributed by atoms with Crippen LogP contribution in [0.5, 0.6) is 0 Å². The first-order chi connectivity index (χ1) is 8.00. The van der Waals surface area contributed by atoms with Gasteiger partial charge in [0.25, 0.3) is 0 Å². The number of hydrogen-bond donors (Lipinski definition) is 1. The average Bonchev–Trinajstić information content (AvgIpc) is 2.56. The molecule has 0 aliphatic carbocycles. The number of nitrogens with zero attached hydrogens (tertiary/aromatic N) is 3. The van der Waals surface area contributed by atoms with Crippen molar-refractivity contribution in [3.8, 4) is 0 Å². The molecule has 0 aromatic carbocycles. The summed E-state index contributed by atoms with van der Waals surface area (Å²) in [4.78, 5) is 2.19. The van der Waals surface area contributed by atoms with Crippen molar-refractivity contribution in [3.63, 3.8) is 0 Å². The third-order valence-corrected chi connectivity index (χ3v) is 4.38. The summed E-state index contributed by atoms with van der Waals surface area (Å²) in [6.07, 6.45) is 0. The normalized spacial score (nSPS) is 18.0. The number of nitrogens with two attached hydrogens (primary N) is 1. The van der Waals surface area contributed by atoms with E-state index in [4.69, 9.17) is 5.73 Å². The van der Waals surface area contributed by atoms with Gasteiger partial charge in [0.2, 0.25) is 0 Å². The Kier molecular flexibility index (Phi) is 3.42. The quantitative estimate of drug-likeness (QED) is 0.846. The number of nitrogen functional groups attached to an aromatic ring is 1. The lowest BCUT2D eigenvalue weighted by molar-refractivity contribution is 0.662. The lowest BCUT2D eigenvalue weighted by Gasteiger charge is -2.28. The van der Waals surface area contributed by atoms with E-state index in [9.17, 15) is 4.21 Å². The molecule has 1 fully saturated rings. The summed E-state index contributed by atoms with van der Waals surface area (Å²) in [5.74, 6) is 2.75. The van der Waals surface area contributed by atoms with Gasteiger partial charge in [0.1, 0.15) is 5.82 Å². The van der Waals surface area contributed by atoms with E-state index in [0.717, 1.165) is 41.8 Å². The highest BCUT2D eigenvalue weighted by Crippen LogP contribution is 2.31. The highest BCUT2D eigenvalue weighted by atomic mass is 32.2. The molecule has 0 radical (unpaired) electrons. The van der Waals surface area contributed by atoms with Crippen molar-refractivity contribution >= 4 is 22.3 Å². The van der Waals surface area contributed by atoms with Crippen molar-refractivity contribution < 1.29 is 4.21 Å². The summed E-state index contributed by atoms with van der Waals surface area (Å²) in [7, 11) is 1.26. The fourth-order valence-corrected chi connectivity index (χ4v) is 3.26. The van der Waals surface area contributed by atoms with Gasteiger partial charge >= 0.3 is 0 Å². The van der Waals surface area contributed by atoms with Crippen LogP contribution in [0.1, 0.15) is 25.5 Å². The van der Waals surface area contributed by atoms with Crippen molar-refractivity contribution in [1.29, 1.82) is 0 Å². The average molecular weight is 256 g/mol. The molecule has 1 aromatic rings. The molecule has 0 spiro atoms. The number of rotatable bonds is 2. The Morgan fingerprint density at radius 2 is 1.94 bits per heavy atom. The van der Waals surface area contributed by atoms with Crippen LogP contribution in [0.15, 0.2) is 0 Å². The van der Waals surface area contributed by atoms with Crippen molar-refractivity contribution in [2.24, 2.45) is 7.05 Å². The molecule has 0 unspecified atom stereocenters. The highest BCUT2D eigenvalue weighted by molar-refractivity contribution is 7.85. The maximum Gasteiger partial charge on any atom is 0.150 e. The maximum absolute atomic E-state index is 11.4. The molecule has 2 N–H and O–H groups in total. The van der Waals surface area contributed by atoms with Gasteiger partial charge in [-0.3, -0.25) is 8.89 Å². The molecule has 2 rings (SSSR count). The van der Waals surface area contributed by atoms with E-state index in [0.29, 0.717) is 5.92 Å². The second-order valence-electron chi connectivity index (χ2n) is 4.74. The first-order valence-corrected chi connectivity index (χ1v) is 7.41. The zero-order valence-electron chi connectivity index (χ0n) is 10.6. The highest BCUT2D eigenvalue weighted by Gasteiger charge is 2.23. The molecule has 2 heterocycles. The van der Waals surface area contributed by atoms with E-state index in [1.54, 1.807) is 0 Å². The standard InChI is InChI=1S/C11H20N4OS/c1-8(2)10-9(12)11(14(3)13-10)15-4-6-17(16)7-5-15/h8H,4-7,12H2,1-3H3. The topological polar surface area (TPSA) is 64.2 Å². The van der Waals surface area contributed by atoms with Gasteiger partial charge in [0.15, 0.2) is 0 Å². The first-order valence-electron chi connectivity index (χ1n) is 5.93. The van der Waals surface area contributed by atoms with Gasteiger partial charge in [0, 0.05) is 42.4 Å². The van der Waals surface area contributed by atoms with Gasteiger partial charge in [0.05, 0.1) is 11.4 Å². The molecule has 96 valence electrons. The summed E-state index contributed by atoms with van der Waals surface area (Å²) in [6, 6.07) is 0. The molecule has 0 atom stereocenters. The molecule has 0 saturated carbocycles. The second-order valence-corrected chi connectivity index (χ2v) is 6.43. The Morgan fingerprint density at radius 3 is 2.41 bits per heavy atom. The molecule has 0 amide bonds. The van der Waals surface area contributed by atoms with Gasteiger partial charge in [-0.2, -0.15) is 5.10 Å². The lowest BCUT2D eigenvalue weighted by atomic mass is 10.1. The first kappa shape index (κ1) is 12.4. The van der Waals surface area contributed by atoms with Crippen LogP contribution in [0.2, 0.25) is 0 Å². The molecule has 1 aliphatic rings. The predicted octanol–water partition coefficient (Wildman–Crippen LogP) is 0.694. The van der Waals surface area contributed by atoms with Gasteiger partial charge in [-0.15, -0.1) is 0 Å². The van der Waals surface area contributed by atoms with E-state index in [1.807, 2.05) is 11.7 Å². The molecule has 6 heteroatoms. The van der Waals surface area contributed by atoms with E-state index in [-0.39, 0.29) is 0 Å². The minimum Gasteiger partial charge on any atom is -0.394 e. The van der Waals surface area contributed by atoms with Crippen LogP contribution < -0.4 is 10.6 Å². The molecular formula is C11H20N4OS. The van der Waals surface area contributed by atoms with E-state index in [1.165, 1.54) is 0 Å². The van der Waals surface area contributed by atoms with Crippen LogP contribution in [-0.4, -0.2) is 38.6 Å². The molecular weight excluding hydrogens is 236 g/mol. The van der Waals surface area contributed by atoms with Gasteiger partial charge < -0.3 is 10.6 Å². The van der Waals surface area contributed by atoms with Crippen LogP contribution in [-0.2, 0) is 17.8 Å². The zero-order valence-corrected chi connectivity index (χ0v) is 11.5. The van der Waals surface area contributed by atoms with E-state index < -0.39 is 10.8 Å². The van der Waals surface area contributed by atoms with Crippen LogP contribution in [0, 0.1) is 0 Å². The summed E-state index contributed by atoms with van der Waals surface area (Å²) in [5, 5.41) is 4.48. The summed E-state index contributed by atoms with van der Waals surface area (Å²) in [6.45, 7) is 5.78. The summed E-state index contributed by atoms with van der Waals surface area (Å²) < 4.78 is 13.2. The lowest BCUT2D eigenvalue weighted by Crippen LogP contribution is -2.39. The van der Waals surface area contributed by atoms with Crippen molar-refractivity contribution in [1.82, 2.24) is 9.78 Å². The zero-order chi connectivity index (χ0) is 12.6. The van der Waals surface area contributed by atoms with E-state index in [2.05, 4.69) is 23.8 Å². The second kappa shape index (κ2) is 4.68. The Hall–Kier alpha value is -1.04. The SMILES string of the molecule is CC(C)c1nn(C)c(N2CCS(=O)CC2)c1N. The molecule has 17 heavy (non-hydrogen) atoms.